The van der Waals surface area contributed by atoms with Crippen molar-refractivity contribution in [1.82, 2.24) is 0 Å². The second-order valence-corrected chi connectivity index (χ2v) is 9.51. The van der Waals surface area contributed by atoms with Gasteiger partial charge in [-0.05, 0) is 67.8 Å². The van der Waals surface area contributed by atoms with Gasteiger partial charge in [-0.3, -0.25) is 9.10 Å². The van der Waals surface area contributed by atoms with Crippen LogP contribution in [0.4, 0.5) is 11.4 Å². The summed E-state index contributed by atoms with van der Waals surface area (Å²) in [5, 5.41) is 2.86. The van der Waals surface area contributed by atoms with Crippen molar-refractivity contribution >= 4 is 27.3 Å². The van der Waals surface area contributed by atoms with Gasteiger partial charge in [-0.2, -0.15) is 0 Å². The van der Waals surface area contributed by atoms with Crippen molar-refractivity contribution in [3.8, 4) is 11.5 Å². The lowest BCUT2D eigenvalue weighted by Crippen LogP contribution is -2.47. The normalized spacial score (nSPS) is 12.1. The first-order valence-corrected chi connectivity index (χ1v) is 12.2. The fourth-order valence-electron chi connectivity index (χ4n) is 3.41. The van der Waals surface area contributed by atoms with Crippen molar-refractivity contribution in [1.29, 1.82) is 0 Å². The molecule has 3 rings (SSSR count). The molecular weight excluding hydrogens is 424 g/mol. The molecule has 0 unspecified atom stereocenters. The number of aryl methyl sites for hydroxylation is 2. The van der Waals surface area contributed by atoms with E-state index in [1.165, 1.54) is 4.31 Å². The van der Waals surface area contributed by atoms with Crippen LogP contribution in [0.25, 0.3) is 0 Å². The van der Waals surface area contributed by atoms with Crippen molar-refractivity contribution in [2.24, 2.45) is 0 Å². The van der Waals surface area contributed by atoms with Crippen LogP contribution in [0.5, 0.6) is 11.5 Å². The Balaban J connectivity index is 1.92. The van der Waals surface area contributed by atoms with E-state index in [2.05, 4.69) is 5.32 Å². The predicted octanol–water partition coefficient (Wildman–Crippen LogP) is 5.28. The average molecular weight is 453 g/mol. The number of rotatable bonds is 8. The number of nitrogens with zero attached hydrogens (tertiary/aromatic N) is 1. The Kier molecular flexibility index (Phi) is 7.20. The number of anilines is 2. The number of hydrogen-bond donors (Lipinski definition) is 1. The van der Waals surface area contributed by atoms with Crippen molar-refractivity contribution < 1.29 is 17.9 Å². The molecule has 0 aliphatic carbocycles. The molecule has 6 nitrogen and oxygen atoms in total. The first-order chi connectivity index (χ1) is 15.2. The molecule has 168 valence electrons. The average Bonchev–Trinajstić information content (AvgIpc) is 2.75. The highest BCUT2D eigenvalue weighted by Crippen LogP contribution is 2.31. The molecule has 7 heteroatoms. The maximum absolute atomic E-state index is 13.3. The number of carbonyl (C=O) groups is 1. The van der Waals surface area contributed by atoms with E-state index in [9.17, 15) is 13.2 Å². The number of ether oxygens (including phenoxy) is 1. The first-order valence-electron chi connectivity index (χ1n) is 10.4. The first kappa shape index (κ1) is 23.3. The quantitative estimate of drug-likeness (QED) is 0.505. The van der Waals surface area contributed by atoms with Gasteiger partial charge in [-0.25, -0.2) is 8.42 Å². The summed E-state index contributed by atoms with van der Waals surface area (Å²) in [6.07, 6.45) is 1.41. The van der Waals surface area contributed by atoms with Crippen LogP contribution in [0.2, 0.25) is 0 Å². The lowest BCUT2D eigenvalue weighted by molar-refractivity contribution is -0.117. The van der Waals surface area contributed by atoms with Crippen LogP contribution in [-0.2, 0) is 14.8 Å². The summed E-state index contributed by atoms with van der Waals surface area (Å²) in [6.45, 7) is 5.66. The monoisotopic (exact) mass is 452 g/mol. The number of amides is 1. The minimum absolute atomic E-state index is 0.299. The number of carbonyl (C=O) groups excluding carboxylic acids is 1. The summed E-state index contributed by atoms with van der Waals surface area (Å²) in [5.41, 5.74) is 2.93. The highest BCUT2D eigenvalue weighted by Gasteiger charge is 2.32. The van der Waals surface area contributed by atoms with Crippen molar-refractivity contribution in [2.45, 2.75) is 33.2 Å². The smallest absolute Gasteiger partial charge is 0.248 e. The highest BCUT2D eigenvalue weighted by atomic mass is 32.2. The molecule has 1 amide bonds. The summed E-state index contributed by atoms with van der Waals surface area (Å²) in [5.74, 6) is 0.674. The zero-order valence-electron chi connectivity index (χ0n) is 18.7. The molecule has 1 N–H and O–H groups in total. The van der Waals surface area contributed by atoms with Crippen LogP contribution in [0.1, 0.15) is 24.5 Å². The van der Waals surface area contributed by atoms with E-state index >= 15 is 0 Å². The number of nitrogens with one attached hydrogen (secondary N) is 1. The Morgan fingerprint density at radius 3 is 2.25 bits per heavy atom. The van der Waals surface area contributed by atoms with E-state index in [0.717, 1.165) is 17.4 Å². The molecule has 1 atom stereocenters. The van der Waals surface area contributed by atoms with Crippen LogP contribution in [0, 0.1) is 13.8 Å². The molecule has 0 heterocycles. The second-order valence-electron chi connectivity index (χ2n) is 7.65. The third-order valence-electron chi connectivity index (χ3n) is 5.19. The van der Waals surface area contributed by atoms with Crippen molar-refractivity contribution in [3.63, 3.8) is 0 Å². The molecule has 3 aromatic carbocycles. The third kappa shape index (κ3) is 5.48. The van der Waals surface area contributed by atoms with E-state index in [1.54, 1.807) is 37.3 Å². The van der Waals surface area contributed by atoms with Gasteiger partial charge in [-0.1, -0.05) is 43.3 Å². The summed E-state index contributed by atoms with van der Waals surface area (Å²) >= 11 is 0. The minimum atomic E-state index is -3.71. The van der Waals surface area contributed by atoms with Gasteiger partial charge in [-0.15, -0.1) is 0 Å². The molecule has 3 aromatic rings. The van der Waals surface area contributed by atoms with Gasteiger partial charge in [0, 0.05) is 0 Å². The van der Waals surface area contributed by atoms with Gasteiger partial charge in [0.2, 0.25) is 15.9 Å². The van der Waals surface area contributed by atoms with Crippen molar-refractivity contribution in [2.75, 3.05) is 15.9 Å². The molecule has 0 aliphatic heterocycles. The van der Waals surface area contributed by atoms with E-state index in [-0.39, 0.29) is 0 Å². The standard InChI is InChI=1S/C25H28N2O4S/c1-5-23(27(32(4,29)30)20-16-15-18(2)19(3)17-20)25(28)26-22-13-9-10-14-24(22)31-21-11-7-6-8-12-21/h6-17,23H,5H2,1-4H3,(H,26,28)/t23-/m1/s1. The summed E-state index contributed by atoms with van der Waals surface area (Å²) in [4.78, 5) is 13.3. The van der Waals surface area contributed by atoms with Crippen molar-refractivity contribution in [3.05, 3.63) is 83.9 Å². The molecule has 0 spiro atoms. The van der Waals surface area contributed by atoms with Gasteiger partial charge < -0.3 is 10.1 Å². The predicted molar refractivity (Wildman–Crippen MR) is 129 cm³/mol. The Bertz CT molecular complexity index is 1190. The highest BCUT2D eigenvalue weighted by molar-refractivity contribution is 7.92. The fourth-order valence-corrected chi connectivity index (χ4v) is 4.62. The molecular formula is C25H28N2O4S. The molecule has 32 heavy (non-hydrogen) atoms. The van der Waals surface area contributed by atoms with E-state index in [0.29, 0.717) is 29.3 Å². The zero-order chi connectivity index (χ0) is 23.3. The molecule has 0 aromatic heterocycles. The topological polar surface area (TPSA) is 75.7 Å². The molecule has 0 radical (unpaired) electrons. The summed E-state index contributed by atoms with van der Waals surface area (Å²) < 4.78 is 32.5. The Hall–Kier alpha value is -3.32. The van der Waals surface area contributed by atoms with Gasteiger partial charge in [0.25, 0.3) is 0 Å². The van der Waals surface area contributed by atoms with Gasteiger partial charge in [0.05, 0.1) is 17.6 Å². The second kappa shape index (κ2) is 9.87. The summed E-state index contributed by atoms with van der Waals surface area (Å²) in [7, 11) is -3.71. The fraction of sp³-hybridized carbons (Fsp3) is 0.240. The van der Waals surface area contributed by atoms with Crippen LogP contribution in [0.3, 0.4) is 0 Å². The van der Waals surface area contributed by atoms with Crippen LogP contribution < -0.4 is 14.4 Å². The summed E-state index contributed by atoms with van der Waals surface area (Å²) in [6, 6.07) is 20.8. The van der Waals surface area contributed by atoms with E-state index in [4.69, 9.17) is 4.74 Å². The SMILES string of the molecule is CC[C@H](C(=O)Nc1ccccc1Oc1ccccc1)N(c1ccc(C)c(C)c1)S(C)(=O)=O. The van der Waals surface area contributed by atoms with Gasteiger partial charge in [0.1, 0.15) is 11.8 Å². The Morgan fingerprint density at radius 2 is 1.62 bits per heavy atom. The van der Waals surface area contributed by atoms with Crippen LogP contribution in [0.15, 0.2) is 72.8 Å². The Morgan fingerprint density at radius 1 is 0.969 bits per heavy atom. The maximum Gasteiger partial charge on any atom is 0.248 e. The molecule has 0 bridgehead atoms. The largest absolute Gasteiger partial charge is 0.455 e. The van der Waals surface area contributed by atoms with Gasteiger partial charge >= 0.3 is 0 Å². The van der Waals surface area contributed by atoms with Crippen LogP contribution >= 0.6 is 0 Å². The zero-order valence-corrected chi connectivity index (χ0v) is 19.5. The molecule has 0 aliphatic rings. The number of sulfonamides is 1. The molecule has 0 saturated carbocycles. The lowest BCUT2D eigenvalue weighted by Gasteiger charge is -2.30. The Labute approximate surface area is 189 Å². The third-order valence-corrected chi connectivity index (χ3v) is 6.37. The minimum Gasteiger partial charge on any atom is -0.455 e. The van der Waals surface area contributed by atoms with Crippen LogP contribution in [-0.4, -0.2) is 26.6 Å². The van der Waals surface area contributed by atoms with Gasteiger partial charge in [0.15, 0.2) is 5.75 Å². The number of benzene rings is 3. The molecule has 0 fully saturated rings. The molecule has 0 saturated heterocycles. The number of hydrogen-bond acceptors (Lipinski definition) is 4. The van der Waals surface area contributed by atoms with E-state index < -0.39 is 22.0 Å². The number of para-hydroxylation sites is 3. The lowest BCUT2D eigenvalue weighted by atomic mass is 10.1. The van der Waals surface area contributed by atoms with E-state index in [1.807, 2.05) is 56.3 Å². The maximum atomic E-state index is 13.3.